The lowest BCUT2D eigenvalue weighted by atomic mass is 9.96. The van der Waals surface area contributed by atoms with Gasteiger partial charge in [-0.15, -0.1) is 0 Å². The van der Waals surface area contributed by atoms with E-state index in [1.54, 1.807) is 6.07 Å². The number of carbonyl (C=O) groups is 1. The van der Waals surface area contributed by atoms with Crippen LogP contribution in [0.3, 0.4) is 0 Å². The molecule has 1 atom stereocenters. The fourth-order valence-corrected chi connectivity index (χ4v) is 3.29. The number of aromatic nitrogens is 3. The fourth-order valence-electron chi connectivity index (χ4n) is 3.29. The Labute approximate surface area is 151 Å². The topological polar surface area (TPSA) is 79.9 Å². The average Bonchev–Trinajstić information content (AvgIpc) is 3.13. The van der Waals surface area contributed by atoms with Gasteiger partial charge in [0.05, 0.1) is 12.2 Å². The predicted molar refractivity (Wildman–Crippen MR) is 97.9 cm³/mol. The molecule has 0 fully saturated rings. The highest BCUT2D eigenvalue weighted by molar-refractivity contribution is 6.00. The van der Waals surface area contributed by atoms with Crippen molar-refractivity contribution in [3.8, 4) is 17.1 Å². The molecule has 1 aliphatic heterocycles. The van der Waals surface area contributed by atoms with Gasteiger partial charge in [-0.1, -0.05) is 36.4 Å². The number of fused-ring (bicyclic) bond motifs is 1. The molecule has 4 rings (SSSR count). The van der Waals surface area contributed by atoms with E-state index in [2.05, 4.69) is 26.6 Å². The first-order chi connectivity index (χ1) is 12.8. The number of hydrogen-bond donors (Lipinski definition) is 2. The molecule has 0 saturated heterocycles. The van der Waals surface area contributed by atoms with Crippen molar-refractivity contribution in [1.29, 1.82) is 0 Å². The van der Waals surface area contributed by atoms with Crippen LogP contribution in [0.1, 0.15) is 22.3 Å². The van der Waals surface area contributed by atoms with E-state index < -0.39 is 0 Å². The van der Waals surface area contributed by atoms with Crippen molar-refractivity contribution >= 4 is 5.91 Å². The first kappa shape index (κ1) is 16.3. The minimum atomic E-state index is -0.101. The smallest absolute Gasteiger partial charge is 0.252 e. The number of amides is 1. The third kappa shape index (κ3) is 3.44. The third-order valence-electron chi connectivity index (χ3n) is 4.66. The Bertz CT molecular complexity index is 892. The van der Waals surface area contributed by atoms with Gasteiger partial charge in [0.15, 0.2) is 5.82 Å². The standard InChI is InChI=1S/C20H20N4O2/c25-20(17-7-3-2-6-16(17)19-22-13-23-24-19)21-12-14-9-10-26-18-8-4-1-5-15(18)11-14/h1-8,13-14H,9-12H2,(H,21,25)(H,22,23,24). The number of hydrogen-bond acceptors (Lipinski definition) is 4. The van der Waals surface area contributed by atoms with Crippen molar-refractivity contribution in [3.63, 3.8) is 0 Å². The zero-order valence-electron chi connectivity index (χ0n) is 14.3. The highest BCUT2D eigenvalue weighted by atomic mass is 16.5. The van der Waals surface area contributed by atoms with Gasteiger partial charge in [-0.05, 0) is 36.5 Å². The summed E-state index contributed by atoms with van der Waals surface area (Å²) >= 11 is 0. The molecule has 0 radical (unpaired) electrons. The molecule has 6 nitrogen and oxygen atoms in total. The van der Waals surface area contributed by atoms with Crippen LogP contribution in [-0.2, 0) is 6.42 Å². The van der Waals surface area contributed by atoms with E-state index in [9.17, 15) is 4.79 Å². The van der Waals surface area contributed by atoms with Gasteiger partial charge >= 0.3 is 0 Å². The summed E-state index contributed by atoms with van der Waals surface area (Å²) in [6.07, 6.45) is 3.26. The van der Waals surface area contributed by atoms with Crippen LogP contribution in [0.15, 0.2) is 54.9 Å². The molecule has 26 heavy (non-hydrogen) atoms. The number of benzene rings is 2. The molecular weight excluding hydrogens is 328 g/mol. The second-order valence-electron chi connectivity index (χ2n) is 6.40. The van der Waals surface area contributed by atoms with Crippen LogP contribution in [0.4, 0.5) is 0 Å². The molecule has 0 saturated carbocycles. The summed E-state index contributed by atoms with van der Waals surface area (Å²) in [5.74, 6) is 1.79. The van der Waals surface area contributed by atoms with Gasteiger partial charge in [0.1, 0.15) is 12.1 Å². The lowest BCUT2D eigenvalue weighted by Crippen LogP contribution is -2.30. The molecule has 0 spiro atoms. The Morgan fingerprint density at radius 3 is 2.92 bits per heavy atom. The van der Waals surface area contributed by atoms with E-state index in [1.165, 1.54) is 11.9 Å². The van der Waals surface area contributed by atoms with Crippen LogP contribution < -0.4 is 10.1 Å². The molecule has 0 bridgehead atoms. The van der Waals surface area contributed by atoms with Crippen LogP contribution in [0.2, 0.25) is 0 Å². The van der Waals surface area contributed by atoms with E-state index in [4.69, 9.17) is 4.74 Å². The fraction of sp³-hybridized carbons (Fsp3) is 0.250. The van der Waals surface area contributed by atoms with Crippen molar-refractivity contribution in [2.75, 3.05) is 13.2 Å². The molecular formula is C20H20N4O2. The van der Waals surface area contributed by atoms with E-state index >= 15 is 0 Å². The van der Waals surface area contributed by atoms with Crippen LogP contribution >= 0.6 is 0 Å². The summed E-state index contributed by atoms with van der Waals surface area (Å²) in [5, 5.41) is 9.76. The molecule has 6 heteroatoms. The normalized spacial score (nSPS) is 16.2. The molecule has 1 aliphatic rings. The second-order valence-corrected chi connectivity index (χ2v) is 6.40. The first-order valence-electron chi connectivity index (χ1n) is 8.75. The molecule has 2 heterocycles. The van der Waals surface area contributed by atoms with Crippen LogP contribution in [0, 0.1) is 5.92 Å². The maximum Gasteiger partial charge on any atom is 0.252 e. The SMILES string of the molecule is O=C(NCC1CCOc2ccccc2C1)c1ccccc1-c1ncn[nH]1. The Hall–Kier alpha value is -3.15. The number of H-pyrrole nitrogens is 1. The summed E-state index contributed by atoms with van der Waals surface area (Å²) in [5.41, 5.74) is 2.54. The van der Waals surface area contributed by atoms with Gasteiger partial charge in [-0.25, -0.2) is 4.98 Å². The van der Waals surface area contributed by atoms with Crippen LogP contribution in [0.25, 0.3) is 11.4 Å². The number of rotatable bonds is 4. The molecule has 132 valence electrons. The molecule has 0 aliphatic carbocycles. The van der Waals surface area contributed by atoms with Crippen LogP contribution in [-0.4, -0.2) is 34.2 Å². The Balaban J connectivity index is 1.45. The first-order valence-corrected chi connectivity index (χ1v) is 8.75. The average molecular weight is 348 g/mol. The summed E-state index contributed by atoms with van der Waals surface area (Å²) in [7, 11) is 0. The highest BCUT2D eigenvalue weighted by Crippen LogP contribution is 2.26. The quantitative estimate of drug-likeness (QED) is 0.760. The summed E-state index contributed by atoms with van der Waals surface area (Å²) in [6.45, 7) is 1.29. The monoisotopic (exact) mass is 348 g/mol. The molecule has 1 unspecified atom stereocenters. The molecule has 1 aromatic heterocycles. The number of nitrogens with one attached hydrogen (secondary N) is 2. The van der Waals surface area contributed by atoms with Crippen molar-refractivity contribution in [2.24, 2.45) is 5.92 Å². The van der Waals surface area contributed by atoms with Gasteiger partial charge in [-0.3, -0.25) is 9.89 Å². The van der Waals surface area contributed by atoms with Gasteiger partial charge in [0.25, 0.3) is 5.91 Å². The summed E-state index contributed by atoms with van der Waals surface area (Å²) in [6, 6.07) is 15.5. The highest BCUT2D eigenvalue weighted by Gasteiger charge is 2.19. The second kappa shape index (κ2) is 7.39. The summed E-state index contributed by atoms with van der Waals surface area (Å²) < 4.78 is 5.81. The van der Waals surface area contributed by atoms with Gasteiger partial charge in [0.2, 0.25) is 0 Å². The number of nitrogens with zero attached hydrogens (tertiary/aromatic N) is 2. The molecule has 2 N–H and O–H groups in total. The zero-order chi connectivity index (χ0) is 17.8. The van der Waals surface area contributed by atoms with Crippen LogP contribution in [0.5, 0.6) is 5.75 Å². The van der Waals surface area contributed by atoms with E-state index in [0.717, 1.165) is 24.2 Å². The predicted octanol–water partition coefficient (Wildman–Crippen LogP) is 2.84. The maximum absolute atomic E-state index is 12.7. The van der Waals surface area contributed by atoms with E-state index in [-0.39, 0.29) is 5.91 Å². The van der Waals surface area contributed by atoms with Gasteiger partial charge in [0, 0.05) is 12.1 Å². The van der Waals surface area contributed by atoms with Crippen molar-refractivity contribution in [2.45, 2.75) is 12.8 Å². The Kier molecular flexibility index (Phi) is 4.64. The van der Waals surface area contributed by atoms with E-state index in [1.807, 2.05) is 36.4 Å². The number of ether oxygens (including phenoxy) is 1. The lowest BCUT2D eigenvalue weighted by molar-refractivity contribution is 0.0946. The number of carbonyl (C=O) groups excluding carboxylic acids is 1. The Morgan fingerprint density at radius 1 is 1.19 bits per heavy atom. The van der Waals surface area contributed by atoms with Crippen molar-refractivity contribution < 1.29 is 9.53 Å². The molecule has 1 amide bonds. The maximum atomic E-state index is 12.7. The molecule has 2 aromatic carbocycles. The summed E-state index contributed by atoms with van der Waals surface area (Å²) in [4.78, 5) is 16.9. The van der Waals surface area contributed by atoms with Gasteiger partial charge < -0.3 is 10.1 Å². The number of aromatic amines is 1. The minimum Gasteiger partial charge on any atom is -0.493 e. The largest absolute Gasteiger partial charge is 0.493 e. The Morgan fingerprint density at radius 2 is 2.04 bits per heavy atom. The van der Waals surface area contributed by atoms with Crippen molar-refractivity contribution in [1.82, 2.24) is 20.5 Å². The van der Waals surface area contributed by atoms with Crippen molar-refractivity contribution in [3.05, 3.63) is 66.0 Å². The minimum absolute atomic E-state index is 0.101. The lowest BCUT2D eigenvalue weighted by Gasteiger charge is -2.15. The zero-order valence-corrected chi connectivity index (χ0v) is 14.3. The van der Waals surface area contributed by atoms with Gasteiger partial charge in [-0.2, -0.15) is 5.10 Å². The third-order valence-corrected chi connectivity index (χ3v) is 4.66. The molecule has 3 aromatic rings. The van der Waals surface area contributed by atoms with E-state index in [0.29, 0.717) is 30.5 Å². The number of para-hydroxylation sites is 1.